The van der Waals surface area contributed by atoms with Crippen molar-refractivity contribution in [2.75, 3.05) is 7.11 Å². The number of carbonyl (C=O) groups is 1. The lowest BCUT2D eigenvalue weighted by atomic mass is 10.0. The highest BCUT2D eigenvalue weighted by atomic mass is 79.9. The third kappa shape index (κ3) is 2.28. The van der Waals surface area contributed by atoms with Gasteiger partial charge >= 0.3 is 5.97 Å². The molecule has 0 bridgehead atoms. The third-order valence-corrected chi connectivity index (χ3v) is 3.53. The maximum Gasteiger partial charge on any atom is 0.337 e. The Hall–Kier alpha value is -0.870. The van der Waals surface area contributed by atoms with Crippen molar-refractivity contribution in [2.24, 2.45) is 5.92 Å². The number of hydrogen-bond acceptors (Lipinski definition) is 3. The fourth-order valence-electron chi connectivity index (χ4n) is 1.68. The number of esters is 1. The zero-order valence-corrected chi connectivity index (χ0v) is 10.5. The molecule has 1 N–H and O–H groups in total. The first kappa shape index (κ1) is 11.6. The van der Waals surface area contributed by atoms with E-state index in [2.05, 4.69) is 20.7 Å². The first-order valence-electron chi connectivity index (χ1n) is 5.19. The van der Waals surface area contributed by atoms with Crippen molar-refractivity contribution in [3.05, 3.63) is 33.8 Å². The molecule has 1 aliphatic rings. The smallest absolute Gasteiger partial charge is 0.337 e. The Bertz CT molecular complexity index is 413. The number of aliphatic hydroxyl groups is 1. The van der Waals surface area contributed by atoms with Gasteiger partial charge in [-0.3, -0.25) is 0 Å². The fraction of sp³-hybridized carbons (Fsp3) is 0.417. The average Bonchev–Trinajstić information content (AvgIpc) is 3.11. The van der Waals surface area contributed by atoms with Crippen LogP contribution in [0.25, 0.3) is 0 Å². The van der Waals surface area contributed by atoms with Crippen LogP contribution in [-0.4, -0.2) is 18.2 Å². The summed E-state index contributed by atoms with van der Waals surface area (Å²) in [5, 5.41) is 10.0. The predicted octanol–water partition coefficient (Wildman–Crippen LogP) is 2.68. The predicted molar refractivity (Wildman–Crippen MR) is 63.2 cm³/mol. The maximum absolute atomic E-state index is 11.4. The monoisotopic (exact) mass is 284 g/mol. The van der Waals surface area contributed by atoms with Gasteiger partial charge in [0.2, 0.25) is 0 Å². The Morgan fingerprint density at radius 1 is 1.56 bits per heavy atom. The number of aliphatic hydroxyl groups excluding tert-OH is 1. The van der Waals surface area contributed by atoms with Gasteiger partial charge in [-0.2, -0.15) is 0 Å². The Labute approximate surface area is 103 Å². The summed E-state index contributed by atoms with van der Waals surface area (Å²) in [6.07, 6.45) is 1.62. The van der Waals surface area contributed by atoms with Crippen LogP contribution >= 0.6 is 15.9 Å². The molecule has 1 atom stereocenters. The molecule has 0 radical (unpaired) electrons. The topological polar surface area (TPSA) is 46.5 Å². The second kappa shape index (κ2) is 4.55. The highest BCUT2D eigenvalue weighted by Crippen LogP contribution is 2.42. The van der Waals surface area contributed by atoms with Gasteiger partial charge in [0.25, 0.3) is 0 Å². The molecule has 1 unspecified atom stereocenters. The largest absolute Gasteiger partial charge is 0.465 e. The van der Waals surface area contributed by atoms with E-state index >= 15 is 0 Å². The standard InChI is InChI=1S/C12H13BrO3/c1-16-12(15)8-4-5-10(13)9(6-8)11(14)7-2-3-7/h4-7,11,14H,2-3H2,1H3. The van der Waals surface area contributed by atoms with E-state index < -0.39 is 6.10 Å². The third-order valence-electron chi connectivity index (χ3n) is 2.80. The molecule has 86 valence electrons. The normalized spacial score (nSPS) is 16.9. The van der Waals surface area contributed by atoms with E-state index in [-0.39, 0.29) is 5.97 Å². The Kier molecular flexibility index (Phi) is 3.30. The molecule has 1 aromatic carbocycles. The summed E-state index contributed by atoms with van der Waals surface area (Å²) in [5.41, 5.74) is 1.24. The number of methoxy groups -OCH3 is 1. The highest BCUT2D eigenvalue weighted by Gasteiger charge is 2.32. The Morgan fingerprint density at radius 3 is 2.81 bits per heavy atom. The van der Waals surface area contributed by atoms with Crippen molar-refractivity contribution in [3.8, 4) is 0 Å². The van der Waals surface area contributed by atoms with Crippen molar-refractivity contribution in [3.63, 3.8) is 0 Å². The molecular formula is C12H13BrO3. The van der Waals surface area contributed by atoms with Gasteiger partial charge < -0.3 is 9.84 Å². The van der Waals surface area contributed by atoms with Crippen molar-refractivity contribution in [1.29, 1.82) is 0 Å². The summed E-state index contributed by atoms with van der Waals surface area (Å²) < 4.78 is 5.48. The number of halogens is 1. The molecule has 0 heterocycles. The molecule has 2 rings (SSSR count). The summed E-state index contributed by atoms with van der Waals surface area (Å²) >= 11 is 3.39. The van der Waals surface area contributed by atoms with Crippen molar-refractivity contribution >= 4 is 21.9 Å². The molecular weight excluding hydrogens is 272 g/mol. The maximum atomic E-state index is 11.4. The minimum atomic E-state index is -0.487. The molecule has 16 heavy (non-hydrogen) atoms. The first-order valence-corrected chi connectivity index (χ1v) is 5.98. The van der Waals surface area contributed by atoms with Crippen molar-refractivity contribution in [1.82, 2.24) is 0 Å². The van der Waals surface area contributed by atoms with E-state index in [1.807, 2.05) is 0 Å². The van der Waals surface area contributed by atoms with Gasteiger partial charge in [0.1, 0.15) is 0 Å². The zero-order valence-electron chi connectivity index (χ0n) is 8.94. The van der Waals surface area contributed by atoms with Gasteiger partial charge in [-0.05, 0) is 42.5 Å². The average molecular weight is 285 g/mol. The number of rotatable bonds is 3. The van der Waals surface area contributed by atoms with Crippen molar-refractivity contribution in [2.45, 2.75) is 18.9 Å². The molecule has 1 aliphatic carbocycles. The van der Waals surface area contributed by atoms with Gasteiger partial charge in [-0.25, -0.2) is 4.79 Å². The molecule has 0 aliphatic heterocycles. The minimum absolute atomic E-state index is 0.337. The molecule has 0 aromatic heterocycles. The molecule has 1 fully saturated rings. The lowest BCUT2D eigenvalue weighted by Gasteiger charge is -2.12. The molecule has 1 aromatic rings. The van der Waals surface area contributed by atoms with E-state index in [0.29, 0.717) is 11.5 Å². The number of ether oxygens (including phenoxy) is 1. The SMILES string of the molecule is COC(=O)c1ccc(Br)c(C(O)C2CC2)c1. The Morgan fingerprint density at radius 2 is 2.25 bits per heavy atom. The van der Waals surface area contributed by atoms with Crippen LogP contribution < -0.4 is 0 Å². The lowest BCUT2D eigenvalue weighted by molar-refractivity contribution is 0.0600. The van der Waals surface area contributed by atoms with Crippen LogP contribution in [0.1, 0.15) is 34.9 Å². The van der Waals surface area contributed by atoms with Gasteiger partial charge in [-0.1, -0.05) is 15.9 Å². The van der Waals surface area contributed by atoms with Crippen LogP contribution in [0.3, 0.4) is 0 Å². The van der Waals surface area contributed by atoms with Gasteiger partial charge in [0.15, 0.2) is 0 Å². The summed E-state index contributed by atoms with van der Waals surface area (Å²) in [6.45, 7) is 0. The van der Waals surface area contributed by atoms with E-state index in [1.165, 1.54) is 7.11 Å². The fourth-order valence-corrected chi connectivity index (χ4v) is 2.16. The number of hydrogen-bond donors (Lipinski definition) is 1. The van der Waals surface area contributed by atoms with Gasteiger partial charge in [0, 0.05) is 4.47 Å². The van der Waals surface area contributed by atoms with Gasteiger partial charge in [-0.15, -0.1) is 0 Å². The van der Waals surface area contributed by atoms with Crippen LogP contribution in [0.4, 0.5) is 0 Å². The van der Waals surface area contributed by atoms with Crippen LogP contribution in [0, 0.1) is 5.92 Å². The summed E-state index contributed by atoms with van der Waals surface area (Å²) in [4.78, 5) is 11.4. The van der Waals surface area contributed by atoms with E-state index in [4.69, 9.17) is 0 Å². The Balaban J connectivity index is 2.31. The zero-order chi connectivity index (χ0) is 11.7. The van der Waals surface area contributed by atoms with Crippen molar-refractivity contribution < 1.29 is 14.6 Å². The molecule has 4 heteroatoms. The lowest BCUT2D eigenvalue weighted by Crippen LogP contribution is -2.06. The molecule has 3 nitrogen and oxygen atoms in total. The molecule has 0 saturated heterocycles. The summed E-state index contributed by atoms with van der Waals surface area (Å²) in [5.74, 6) is -0.0408. The minimum Gasteiger partial charge on any atom is -0.465 e. The van der Waals surface area contributed by atoms with Crippen LogP contribution in [0.15, 0.2) is 22.7 Å². The molecule has 0 spiro atoms. The van der Waals surface area contributed by atoms with E-state index in [0.717, 1.165) is 22.9 Å². The quantitative estimate of drug-likeness (QED) is 0.868. The van der Waals surface area contributed by atoms with Crippen LogP contribution in [-0.2, 0) is 4.74 Å². The second-order valence-corrected chi connectivity index (χ2v) is 4.86. The van der Waals surface area contributed by atoms with Crippen LogP contribution in [0.2, 0.25) is 0 Å². The summed E-state index contributed by atoms with van der Waals surface area (Å²) in [6, 6.07) is 5.14. The number of carbonyl (C=O) groups excluding carboxylic acids is 1. The molecule has 1 saturated carbocycles. The second-order valence-electron chi connectivity index (χ2n) is 4.01. The molecule has 0 amide bonds. The number of benzene rings is 1. The van der Waals surface area contributed by atoms with E-state index in [1.54, 1.807) is 18.2 Å². The van der Waals surface area contributed by atoms with Gasteiger partial charge in [0.05, 0.1) is 18.8 Å². The van der Waals surface area contributed by atoms with E-state index in [9.17, 15) is 9.90 Å². The van der Waals surface area contributed by atoms with Crippen LogP contribution in [0.5, 0.6) is 0 Å². The highest BCUT2D eigenvalue weighted by molar-refractivity contribution is 9.10. The first-order chi connectivity index (χ1) is 7.63. The summed E-state index contributed by atoms with van der Waals surface area (Å²) in [7, 11) is 1.35.